The Hall–Kier alpha value is -1.83. The van der Waals surface area contributed by atoms with E-state index in [1.165, 1.54) is 24.3 Å². The fourth-order valence-electron chi connectivity index (χ4n) is 1.54. The molecule has 0 fully saturated rings. The number of alkyl halides is 3. The van der Waals surface area contributed by atoms with Crippen molar-refractivity contribution >= 4 is 31.4 Å². The first-order valence-electron chi connectivity index (χ1n) is 5.64. The molecule has 2 aromatic rings. The number of para-hydroxylation sites is 2. The Labute approximate surface area is 127 Å². The van der Waals surface area contributed by atoms with E-state index >= 15 is 0 Å². The van der Waals surface area contributed by atoms with Crippen molar-refractivity contribution in [2.75, 3.05) is 5.32 Å². The fraction of sp³-hybridized carbons (Fsp3) is 0.0909. The summed E-state index contributed by atoms with van der Waals surface area (Å²) in [4.78, 5) is 15.6. The summed E-state index contributed by atoms with van der Waals surface area (Å²) in [5.74, 6) is -0.696. The van der Waals surface area contributed by atoms with Crippen LogP contribution in [0.25, 0.3) is 0 Å². The van der Waals surface area contributed by atoms with Gasteiger partial charge in [-0.3, -0.25) is 0 Å². The molecule has 0 aliphatic rings. The van der Waals surface area contributed by atoms with Crippen LogP contribution >= 0.6 is 19.9 Å². The summed E-state index contributed by atoms with van der Waals surface area (Å²) in [6, 6.07) is 5.66. The average molecular weight is 354 g/mol. The average Bonchev–Trinajstić information content (AvgIpc) is 2.39. The molecule has 1 unspecified atom stereocenters. The molecule has 1 aromatic heterocycles. The quantitative estimate of drug-likeness (QED) is 0.644. The lowest BCUT2D eigenvalue weighted by Crippen LogP contribution is -2.11. The summed E-state index contributed by atoms with van der Waals surface area (Å²) in [5.41, 5.74) is -1.11. The van der Waals surface area contributed by atoms with Crippen LogP contribution in [0.4, 0.5) is 24.7 Å². The number of aromatic nitrogens is 2. The van der Waals surface area contributed by atoms with Crippen molar-refractivity contribution in [1.82, 2.24) is 9.97 Å². The summed E-state index contributed by atoms with van der Waals surface area (Å²) in [5, 5.41) is 2.00. The maximum Gasteiger partial charge on any atom is 0.421 e. The van der Waals surface area contributed by atoms with Crippen LogP contribution in [-0.2, 0) is 10.7 Å². The normalized spacial score (nSPS) is 12.8. The second kappa shape index (κ2) is 6.51. The summed E-state index contributed by atoms with van der Waals surface area (Å²) >= 11 is 5.51. The molecule has 0 saturated heterocycles. The van der Waals surface area contributed by atoms with E-state index in [0.29, 0.717) is 6.20 Å². The van der Waals surface area contributed by atoms with E-state index in [4.69, 9.17) is 16.5 Å². The van der Waals surface area contributed by atoms with Gasteiger partial charge >= 0.3 is 14.4 Å². The van der Waals surface area contributed by atoms with E-state index in [9.17, 15) is 17.7 Å². The summed E-state index contributed by atoms with van der Waals surface area (Å²) in [6.07, 6.45) is -4.16. The van der Waals surface area contributed by atoms with Gasteiger partial charge in [0.2, 0.25) is 5.28 Å². The number of hydrogen-bond acceptors (Lipinski definition) is 5. The van der Waals surface area contributed by atoms with Gasteiger partial charge in [-0.05, 0) is 23.7 Å². The van der Waals surface area contributed by atoms with Crippen molar-refractivity contribution in [3.8, 4) is 5.75 Å². The zero-order valence-electron chi connectivity index (χ0n) is 10.6. The predicted octanol–water partition coefficient (Wildman–Crippen LogP) is 3.65. The van der Waals surface area contributed by atoms with E-state index in [-0.39, 0.29) is 16.7 Å². The lowest BCUT2D eigenvalue weighted by molar-refractivity contribution is -0.137. The molecule has 2 N–H and O–H groups in total. The fourth-order valence-corrected chi connectivity index (χ4v) is 2.04. The predicted molar refractivity (Wildman–Crippen MR) is 73.6 cm³/mol. The van der Waals surface area contributed by atoms with Gasteiger partial charge in [-0.2, -0.15) is 18.2 Å². The van der Waals surface area contributed by atoms with Crippen molar-refractivity contribution in [2.45, 2.75) is 6.18 Å². The second-order valence-electron chi connectivity index (χ2n) is 3.89. The highest BCUT2D eigenvalue weighted by molar-refractivity contribution is 7.32. The Morgan fingerprint density at radius 1 is 1.32 bits per heavy atom. The SMILES string of the molecule is O=[PH](O)Oc1ccccc1Nc1nc(Cl)ncc1C(F)(F)F. The molecular weight excluding hydrogens is 346 g/mol. The van der Waals surface area contributed by atoms with Crippen LogP contribution in [0.2, 0.25) is 5.28 Å². The van der Waals surface area contributed by atoms with Crippen molar-refractivity contribution < 1.29 is 27.2 Å². The molecule has 6 nitrogen and oxygen atoms in total. The van der Waals surface area contributed by atoms with Crippen LogP contribution in [0.5, 0.6) is 5.75 Å². The van der Waals surface area contributed by atoms with Gasteiger partial charge in [0.1, 0.15) is 11.4 Å². The Morgan fingerprint density at radius 2 is 2.00 bits per heavy atom. The van der Waals surface area contributed by atoms with E-state index < -0.39 is 25.8 Å². The van der Waals surface area contributed by atoms with Crippen molar-refractivity contribution in [2.24, 2.45) is 0 Å². The summed E-state index contributed by atoms with van der Waals surface area (Å²) in [7, 11) is -3.32. The second-order valence-corrected chi connectivity index (χ2v) is 4.96. The molecule has 118 valence electrons. The third-order valence-electron chi connectivity index (χ3n) is 2.40. The van der Waals surface area contributed by atoms with Crippen LogP contribution in [0, 0.1) is 0 Å². The molecule has 1 aromatic carbocycles. The monoisotopic (exact) mass is 353 g/mol. The Bertz CT molecular complexity index is 714. The van der Waals surface area contributed by atoms with Gasteiger partial charge in [-0.1, -0.05) is 12.1 Å². The molecule has 0 spiro atoms. The van der Waals surface area contributed by atoms with Crippen molar-refractivity contribution in [3.05, 3.63) is 41.3 Å². The van der Waals surface area contributed by atoms with Crippen molar-refractivity contribution in [3.63, 3.8) is 0 Å². The Kier molecular flexibility index (Phi) is 4.90. The minimum atomic E-state index is -4.70. The highest BCUT2D eigenvalue weighted by Gasteiger charge is 2.35. The molecule has 0 amide bonds. The van der Waals surface area contributed by atoms with Gasteiger partial charge in [0.05, 0.1) is 5.69 Å². The van der Waals surface area contributed by atoms with Crippen LogP contribution in [-0.4, -0.2) is 14.9 Å². The number of benzene rings is 1. The van der Waals surface area contributed by atoms with Crippen LogP contribution in [0.3, 0.4) is 0 Å². The number of hydrogen-bond donors (Lipinski definition) is 2. The lowest BCUT2D eigenvalue weighted by Gasteiger charge is -2.15. The molecule has 2 rings (SSSR count). The highest BCUT2D eigenvalue weighted by atomic mass is 35.5. The third-order valence-corrected chi connectivity index (χ3v) is 2.98. The number of anilines is 2. The molecule has 11 heteroatoms. The van der Waals surface area contributed by atoms with Crippen LogP contribution < -0.4 is 9.84 Å². The standard InChI is InChI=1S/C11H8ClF3N3O3P/c12-10-16-5-6(11(13,14)15)9(18-10)17-7-3-1-2-4-8(7)21-22(19)20/h1-5,22H,(H,19,20)(H,16,17,18). The third kappa shape index (κ3) is 4.09. The topological polar surface area (TPSA) is 84.3 Å². The Morgan fingerprint density at radius 3 is 2.64 bits per heavy atom. The molecule has 0 aliphatic carbocycles. The molecule has 0 aliphatic heterocycles. The van der Waals surface area contributed by atoms with E-state index in [0.717, 1.165) is 0 Å². The van der Waals surface area contributed by atoms with Gasteiger partial charge in [0.15, 0.2) is 5.75 Å². The van der Waals surface area contributed by atoms with Gasteiger partial charge in [0.25, 0.3) is 0 Å². The minimum absolute atomic E-state index is 0.0233. The first kappa shape index (κ1) is 16.5. The summed E-state index contributed by atoms with van der Waals surface area (Å²) in [6.45, 7) is 0. The molecular formula is C11H8ClF3N3O3P. The molecule has 1 heterocycles. The van der Waals surface area contributed by atoms with Crippen molar-refractivity contribution in [1.29, 1.82) is 0 Å². The maximum atomic E-state index is 12.9. The molecule has 0 radical (unpaired) electrons. The lowest BCUT2D eigenvalue weighted by atomic mass is 10.2. The maximum absolute atomic E-state index is 12.9. The van der Waals surface area contributed by atoms with E-state index in [1.807, 2.05) is 0 Å². The molecule has 1 atom stereocenters. The molecule has 0 bridgehead atoms. The van der Waals surface area contributed by atoms with Gasteiger partial charge in [0, 0.05) is 6.20 Å². The van der Waals surface area contributed by atoms with E-state index in [1.54, 1.807) is 0 Å². The Balaban J connectivity index is 2.43. The number of halogens is 4. The zero-order valence-corrected chi connectivity index (χ0v) is 12.3. The van der Waals surface area contributed by atoms with Crippen LogP contribution in [0.15, 0.2) is 30.5 Å². The molecule has 0 saturated carbocycles. The largest absolute Gasteiger partial charge is 0.424 e. The van der Waals surface area contributed by atoms with Gasteiger partial charge < -0.3 is 14.7 Å². The molecule has 22 heavy (non-hydrogen) atoms. The van der Waals surface area contributed by atoms with Gasteiger partial charge in [-0.15, -0.1) is 0 Å². The highest BCUT2D eigenvalue weighted by Crippen LogP contribution is 2.37. The number of rotatable bonds is 4. The zero-order chi connectivity index (χ0) is 16.3. The first-order valence-corrected chi connectivity index (χ1v) is 7.28. The van der Waals surface area contributed by atoms with E-state index in [2.05, 4.69) is 19.8 Å². The number of nitrogens with one attached hydrogen (secondary N) is 1. The summed E-state index contributed by atoms with van der Waals surface area (Å²) < 4.78 is 54.2. The minimum Gasteiger partial charge on any atom is -0.424 e. The smallest absolute Gasteiger partial charge is 0.421 e. The first-order chi connectivity index (χ1) is 10.3. The number of nitrogens with zero attached hydrogens (tertiary/aromatic N) is 2. The van der Waals surface area contributed by atoms with Gasteiger partial charge in [-0.25, -0.2) is 9.55 Å². The van der Waals surface area contributed by atoms with Crippen LogP contribution in [0.1, 0.15) is 5.56 Å².